The SMILES string of the molecule is CCCCCCCCCCCCCCCCCCCCCCCC(=O)OC(CO)COC(=O)CCCCCC. The molecule has 0 aliphatic heterocycles. The summed E-state index contributed by atoms with van der Waals surface area (Å²) in [7, 11) is 0. The number of carbonyl (C=O) groups excluding carboxylic acids is 2. The lowest BCUT2D eigenvalue weighted by Crippen LogP contribution is -2.28. The Morgan fingerprint density at radius 3 is 1.15 bits per heavy atom. The summed E-state index contributed by atoms with van der Waals surface area (Å²) >= 11 is 0. The molecule has 0 rings (SSSR count). The number of carbonyl (C=O) groups is 2. The molecule has 1 atom stereocenters. The van der Waals surface area contributed by atoms with Gasteiger partial charge in [-0.25, -0.2) is 0 Å². The first kappa shape index (κ1) is 37.9. The first-order valence-electron chi connectivity index (χ1n) is 17.1. The summed E-state index contributed by atoms with van der Waals surface area (Å²) < 4.78 is 10.4. The third-order valence-corrected chi connectivity index (χ3v) is 7.65. The topological polar surface area (TPSA) is 72.8 Å². The van der Waals surface area contributed by atoms with E-state index in [9.17, 15) is 14.7 Å². The summed E-state index contributed by atoms with van der Waals surface area (Å²) in [4.78, 5) is 23.8. The van der Waals surface area contributed by atoms with Crippen molar-refractivity contribution in [2.75, 3.05) is 13.2 Å². The molecule has 0 aromatic rings. The summed E-state index contributed by atoms with van der Waals surface area (Å²) in [6, 6.07) is 0. The van der Waals surface area contributed by atoms with Crippen LogP contribution in [-0.4, -0.2) is 36.4 Å². The van der Waals surface area contributed by atoms with Crippen LogP contribution in [-0.2, 0) is 19.1 Å². The lowest BCUT2D eigenvalue weighted by atomic mass is 10.0. The van der Waals surface area contributed by atoms with E-state index in [1.807, 2.05) is 0 Å². The lowest BCUT2D eigenvalue weighted by Gasteiger charge is -2.15. The average Bonchev–Trinajstić information content (AvgIpc) is 2.94. The largest absolute Gasteiger partial charge is 0.462 e. The fourth-order valence-corrected chi connectivity index (χ4v) is 5.02. The minimum absolute atomic E-state index is 0.0613. The Hall–Kier alpha value is -1.10. The van der Waals surface area contributed by atoms with Gasteiger partial charge in [0.1, 0.15) is 6.61 Å². The van der Waals surface area contributed by atoms with Gasteiger partial charge in [-0.2, -0.15) is 0 Å². The van der Waals surface area contributed by atoms with Gasteiger partial charge in [-0.15, -0.1) is 0 Å². The molecule has 0 aromatic heterocycles. The van der Waals surface area contributed by atoms with Gasteiger partial charge >= 0.3 is 11.9 Å². The minimum atomic E-state index is -0.757. The predicted octanol–water partition coefficient (Wildman–Crippen LogP) is 10.0. The van der Waals surface area contributed by atoms with Crippen molar-refractivity contribution in [2.24, 2.45) is 0 Å². The molecule has 0 aliphatic carbocycles. The van der Waals surface area contributed by atoms with Crippen molar-refractivity contribution >= 4 is 11.9 Å². The molecular formula is C34H66O5. The highest BCUT2D eigenvalue weighted by Gasteiger charge is 2.16. The third-order valence-electron chi connectivity index (χ3n) is 7.65. The van der Waals surface area contributed by atoms with Crippen LogP contribution in [0.3, 0.4) is 0 Å². The number of aliphatic hydroxyl groups excluding tert-OH is 1. The van der Waals surface area contributed by atoms with Crippen LogP contribution in [0.4, 0.5) is 0 Å². The Morgan fingerprint density at radius 1 is 0.487 bits per heavy atom. The fourth-order valence-electron chi connectivity index (χ4n) is 5.02. The molecule has 1 unspecified atom stereocenters. The molecule has 0 spiro atoms. The molecule has 0 fully saturated rings. The number of ether oxygens (including phenoxy) is 2. The quantitative estimate of drug-likeness (QED) is 0.0681. The van der Waals surface area contributed by atoms with E-state index in [0.29, 0.717) is 12.8 Å². The second-order valence-corrected chi connectivity index (χ2v) is 11.6. The van der Waals surface area contributed by atoms with E-state index in [1.54, 1.807) is 0 Å². The Morgan fingerprint density at radius 2 is 0.795 bits per heavy atom. The minimum Gasteiger partial charge on any atom is -0.462 e. The Labute approximate surface area is 242 Å². The van der Waals surface area contributed by atoms with Gasteiger partial charge < -0.3 is 14.6 Å². The van der Waals surface area contributed by atoms with Crippen LogP contribution in [0.1, 0.15) is 187 Å². The summed E-state index contributed by atoms with van der Waals surface area (Å²) in [5, 5.41) is 9.41. The first-order valence-corrected chi connectivity index (χ1v) is 17.1. The second-order valence-electron chi connectivity index (χ2n) is 11.6. The number of aliphatic hydroxyl groups is 1. The van der Waals surface area contributed by atoms with Crippen molar-refractivity contribution in [3.63, 3.8) is 0 Å². The van der Waals surface area contributed by atoms with Gasteiger partial charge in [0.2, 0.25) is 0 Å². The summed E-state index contributed by atoms with van der Waals surface area (Å²) in [6.07, 6.45) is 32.1. The van der Waals surface area contributed by atoms with Crippen molar-refractivity contribution in [1.82, 2.24) is 0 Å². The van der Waals surface area contributed by atoms with E-state index in [-0.39, 0.29) is 25.2 Å². The zero-order chi connectivity index (χ0) is 28.7. The molecule has 5 nitrogen and oxygen atoms in total. The highest BCUT2D eigenvalue weighted by atomic mass is 16.6. The maximum atomic E-state index is 12.0. The van der Waals surface area contributed by atoms with Crippen LogP contribution < -0.4 is 0 Å². The van der Waals surface area contributed by atoms with Crippen molar-refractivity contribution < 1.29 is 24.2 Å². The molecule has 0 amide bonds. The molecule has 0 saturated heterocycles. The smallest absolute Gasteiger partial charge is 0.306 e. The van der Waals surface area contributed by atoms with E-state index in [0.717, 1.165) is 44.9 Å². The maximum absolute atomic E-state index is 12.0. The highest BCUT2D eigenvalue weighted by Crippen LogP contribution is 2.15. The zero-order valence-corrected chi connectivity index (χ0v) is 26.2. The molecule has 232 valence electrons. The molecule has 0 aromatic carbocycles. The predicted molar refractivity (Wildman–Crippen MR) is 164 cm³/mol. The standard InChI is InChI=1S/C34H66O5/c1-3-5-7-9-10-11-12-13-14-15-16-17-18-19-20-21-22-23-24-25-27-29-34(37)39-32(30-35)31-38-33(36)28-26-8-6-4-2/h32,35H,3-31H2,1-2H3. The van der Waals surface area contributed by atoms with Gasteiger partial charge in [0.15, 0.2) is 6.10 Å². The van der Waals surface area contributed by atoms with Crippen LogP contribution in [0.2, 0.25) is 0 Å². The zero-order valence-electron chi connectivity index (χ0n) is 26.2. The molecule has 0 bridgehead atoms. The van der Waals surface area contributed by atoms with Crippen molar-refractivity contribution in [1.29, 1.82) is 0 Å². The number of hydrogen-bond donors (Lipinski definition) is 1. The normalized spacial score (nSPS) is 12.0. The van der Waals surface area contributed by atoms with Crippen molar-refractivity contribution in [3.8, 4) is 0 Å². The van der Waals surface area contributed by atoms with Gasteiger partial charge in [-0.3, -0.25) is 9.59 Å². The molecule has 0 radical (unpaired) electrons. The van der Waals surface area contributed by atoms with Crippen LogP contribution in [0.15, 0.2) is 0 Å². The van der Waals surface area contributed by atoms with E-state index < -0.39 is 6.10 Å². The van der Waals surface area contributed by atoms with E-state index >= 15 is 0 Å². The summed E-state index contributed by atoms with van der Waals surface area (Å²) in [6.45, 7) is 4.02. The summed E-state index contributed by atoms with van der Waals surface area (Å²) in [5.41, 5.74) is 0. The lowest BCUT2D eigenvalue weighted by molar-refractivity contribution is -0.161. The van der Waals surface area contributed by atoms with E-state index in [1.165, 1.54) is 116 Å². The Bertz CT molecular complexity index is 522. The monoisotopic (exact) mass is 554 g/mol. The third kappa shape index (κ3) is 29.7. The van der Waals surface area contributed by atoms with Gasteiger partial charge in [-0.1, -0.05) is 162 Å². The van der Waals surface area contributed by atoms with Crippen molar-refractivity contribution in [2.45, 2.75) is 193 Å². The Balaban J connectivity index is 3.39. The second kappa shape index (κ2) is 31.4. The average molecular weight is 555 g/mol. The van der Waals surface area contributed by atoms with Gasteiger partial charge in [-0.05, 0) is 12.8 Å². The molecule has 0 aliphatic rings. The number of unbranched alkanes of at least 4 members (excludes halogenated alkanes) is 23. The van der Waals surface area contributed by atoms with Gasteiger partial charge in [0, 0.05) is 12.8 Å². The summed E-state index contributed by atoms with van der Waals surface area (Å²) in [5.74, 6) is -0.601. The molecule has 0 saturated carbocycles. The van der Waals surface area contributed by atoms with Crippen LogP contribution in [0.25, 0.3) is 0 Å². The molecule has 1 N–H and O–H groups in total. The number of rotatable bonds is 31. The van der Waals surface area contributed by atoms with Gasteiger partial charge in [0.05, 0.1) is 6.61 Å². The first-order chi connectivity index (χ1) is 19.1. The number of hydrogen-bond acceptors (Lipinski definition) is 5. The molecule has 39 heavy (non-hydrogen) atoms. The molecular weight excluding hydrogens is 488 g/mol. The van der Waals surface area contributed by atoms with E-state index in [4.69, 9.17) is 9.47 Å². The van der Waals surface area contributed by atoms with E-state index in [2.05, 4.69) is 13.8 Å². The van der Waals surface area contributed by atoms with Crippen LogP contribution in [0, 0.1) is 0 Å². The molecule has 5 heteroatoms. The van der Waals surface area contributed by atoms with Gasteiger partial charge in [0.25, 0.3) is 0 Å². The fraction of sp³-hybridized carbons (Fsp3) is 0.941. The maximum Gasteiger partial charge on any atom is 0.306 e. The Kier molecular flexibility index (Phi) is 30.5. The van der Waals surface area contributed by atoms with Crippen LogP contribution in [0.5, 0.6) is 0 Å². The van der Waals surface area contributed by atoms with Crippen molar-refractivity contribution in [3.05, 3.63) is 0 Å². The molecule has 0 heterocycles. The van der Waals surface area contributed by atoms with Crippen LogP contribution >= 0.6 is 0 Å². The highest BCUT2D eigenvalue weighted by molar-refractivity contribution is 5.70. The number of esters is 2.